The Bertz CT molecular complexity index is 640. The highest BCUT2D eigenvalue weighted by molar-refractivity contribution is 5.76. The molecule has 1 saturated heterocycles. The first-order valence-electron chi connectivity index (χ1n) is 8.54. The van der Waals surface area contributed by atoms with Gasteiger partial charge < -0.3 is 9.64 Å². The molecule has 0 saturated carbocycles. The fourth-order valence-corrected chi connectivity index (χ4v) is 3.28. The highest BCUT2D eigenvalue weighted by Crippen LogP contribution is 2.31. The maximum atomic E-state index is 12.8. The molecule has 0 aliphatic carbocycles. The van der Waals surface area contributed by atoms with Crippen LogP contribution in [0.1, 0.15) is 43.7 Å². The van der Waals surface area contributed by atoms with Gasteiger partial charge in [0.25, 0.3) is 0 Å². The molecule has 3 rings (SSSR count). The van der Waals surface area contributed by atoms with Crippen molar-refractivity contribution >= 4 is 5.91 Å². The number of hydrogen-bond donors (Lipinski definition) is 0. The lowest BCUT2D eigenvalue weighted by atomic mass is 10.0. The van der Waals surface area contributed by atoms with E-state index in [2.05, 4.69) is 22.2 Å². The summed E-state index contributed by atoms with van der Waals surface area (Å²) < 4.78 is 6.95. The third kappa shape index (κ3) is 3.93. The SMILES string of the molecule is COc1ccc([C@H]2CCCCCN2C(=O)CCn2cncn2)cc1. The molecule has 0 radical (unpaired) electrons. The number of carbonyl (C=O) groups is 1. The van der Waals surface area contributed by atoms with Crippen LogP contribution in [-0.2, 0) is 11.3 Å². The maximum absolute atomic E-state index is 12.8. The normalized spacial score (nSPS) is 18.2. The number of rotatable bonds is 5. The molecule has 2 aromatic rings. The Morgan fingerprint density at radius 1 is 1.25 bits per heavy atom. The zero-order chi connectivity index (χ0) is 16.8. The van der Waals surface area contributed by atoms with E-state index in [9.17, 15) is 4.79 Å². The first-order chi connectivity index (χ1) is 11.8. The van der Waals surface area contributed by atoms with Gasteiger partial charge in [-0.25, -0.2) is 4.98 Å². The van der Waals surface area contributed by atoms with Gasteiger partial charge in [-0.15, -0.1) is 0 Å². The molecule has 1 aromatic heterocycles. The number of benzene rings is 1. The van der Waals surface area contributed by atoms with E-state index in [0.717, 1.165) is 31.6 Å². The van der Waals surface area contributed by atoms with E-state index < -0.39 is 0 Å². The summed E-state index contributed by atoms with van der Waals surface area (Å²) in [6.45, 7) is 1.40. The van der Waals surface area contributed by atoms with Crippen LogP contribution < -0.4 is 4.74 Å². The Morgan fingerprint density at radius 2 is 2.08 bits per heavy atom. The van der Waals surface area contributed by atoms with Crippen molar-refractivity contribution in [3.63, 3.8) is 0 Å². The van der Waals surface area contributed by atoms with Crippen molar-refractivity contribution in [2.45, 2.75) is 44.7 Å². The van der Waals surface area contributed by atoms with E-state index in [4.69, 9.17) is 4.74 Å². The van der Waals surface area contributed by atoms with Crippen molar-refractivity contribution in [1.29, 1.82) is 0 Å². The molecule has 24 heavy (non-hydrogen) atoms. The standard InChI is InChI=1S/C18H24N4O2/c1-24-16-8-6-15(7-9-16)17-5-3-2-4-11-22(17)18(23)10-12-21-14-19-13-20-21/h6-9,13-14,17H,2-5,10-12H2,1H3/t17-/m1/s1. The van der Waals surface area contributed by atoms with Crippen LogP contribution in [0, 0.1) is 0 Å². The molecule has 0 N–H and O–H groups in total. The molecule has 6 nitrogen and oxygen atoms in total. The highest BCUT2D eigenvalue weighted by Gasteiger charge is 2.26. The fraction of sp³-hybridized carbons (Fsp3) is 0.500. The van der Waals surface area contributed by atoms with Crippen LogP contribution in [0.25, 0.3) is 0 Å². The van der Waals surface area contributed by atoms with Gasteiger partial charge in [0.05, 0.1) is 19.7 Å². The topological polar surface area (TPSA) is 60.2 Å². The Hall–Kier alpha value is -2.37. The zero-order valence-electron chi connectivity index (χ0n) is 14.1. The van der Waals surface area contributed by atoms with Crippen molar-refractivity contribution in [1.82, 2.24) is 19.7 Å². The summed E-state index contributed by atoms with van der Waals surface area (Å²) >= 11 is 0. The van der Waals surface area contributed by atoms with Crippen molar-refractivity contribution in [2.24, 2.45) is 0 Å². The number of carbonyl (C=O) groups excluding carboxylic acids is 1. The summed E-state index contributed by atoms with van der Waals surface area (Å²) in [4.78, 5) is 18.8. The van der Waals surface area contributed by atoms with Crippen LogP contribution in [0.2, 0.25) is 0 Å². The van der Waals surface area contributed by atoms with Gasteiger partial charge in [-0.3, -0.25) is 9.48 Å². The van der Waals surface area contributed by atoms with Gasteiger partial charge in [0.1, 0.15) is 18.4 Å². The number of nitrogens with zero attached hydrogens (tertiary/aromatic N) is 4. The smallest absolute Gasteiger partial charge is 0.224 e. The molecule has 1 atom stereocenters. The maximum Gasteiger partial charge on any atom is 0.224 e. The second-order valence-electron chi connectivity index (χ2n) is 6.13. The van der Waals surface area contributed by atoms with E-state index in [0.29, 0.717) is 13.0 Å². The average Bonchev–Trinajstić information content (AvgIpc) is 3.02. The summed E-state index contributed by atoms with van der Waals surface area (Å²) in [6.07, 6.45) is 8.02. The summed E-state index contributed by atoms with van der Waals surface area (Å²) in [6, 6.07) is 8.25. The molecule has 6 heteroatoms. The van der Waals surface area contributed by atoms with Crippen molar-refractivity contribution in [3.05, 3.63) is 42.5 Å². The summed E-state index contributed by atoms with van der Waals surface area (Å²) in [5.74, 6) is 1.03. The Morgan fingerprint density at radius 3 is 2.79 bits per heavy atom. The number of methoxy groups -OCH3 is 1. The Kier molecular flexibility index (Phi) is 5.46. The van der Waals surface area contributed by atoms with Gasteiger partial charge in [-0.2, -0.15) is 5.10 Å². The Labute approximate surface area is 142 Å². The fourth-order valence-electron chi connectivity index (χ4n) is 3.28. The summed E-state index contributed by atoms with van der Waals surface area (Å²) in [5.41, 5.74) is 1.19. The van der Waals surface area contributed by atoms with Crippen molar-refractivity contribution in [2.75, 3.05) is 13.7 Å². The summed E-state index contributed by atoms with van der Waals surface area (Å²) in [5, 5.41) is 4.07. The van der Waals surface area contributed by atoms with Crippen LogP contribution >= 0.6 is 0 Å². The molecular formula is C18H24N4O2. The number of amides is 1. The Balaban J connectivity index is 1.72. The van der Waals surface area contributed by atoms with Gasteiger partial charge in [0.2, 0.25) is 5.91 Å². The molecule has 1 aromatic carbocycles. The third-order valence-corrected chi connectivity index (χ3v) is 4.60. The van der Waals surface area contributed by atoms with Crippen molar-refractivity contribution < 1.29 is 9.53 Å². The van der Waals surface area contributed by atoms with Crippen LogP contribution in [0.5, 0.6) is 5.75 Å². The monoisotopic (exact) mass is 328 g/mol. The van der Waals surface area contributed by atoms with Gasteiger partial charge in [-0.1, -0.05) is 25.0 Å². The molecule has 1 aliphatic rings. The number of aryl methyl sites for hydroxylation is 1. The summed E-state index contributed by atoms with van der Waals surface area (Å²) in [7, 11) is 1.67. The first kappa shape index (κ1) is 16.5. The largest absolute Gasteiger partial charge is 0.497 e. The van der Waals surface area contributed by atoms with Crippen molar-refractivity contribution in [3.8, 4) is 5.75 Å². The molecule has 128 valence electrons. The van der Waals surface area contributed by atoms with E-state index in [1.165, 1.54) is 18.3 Å². The molecule has 1 aliphatic heterocycles. The first-order valence-corrected chi connectivity index (χ1v) is 8.54. The van der Waals surface area contributed by atoms with E-state index in [1.54, 1.807) is 18.1 Å². The van der Waals surface area contributed by atoms with Crippen LogP contribution in [0.4, 0.5) is 0 Å². The van der Waals surface area contributed by atoms with Crippen LogP contribution in [0.3, 0.4) is 0 Å². The minimum absolute atomic E-state index is 0.154. The number of ether oxygens (including phenoxy) is 1. The molecule has 2 heterocycles. The second kappa shape index (κ2) is 7.95. The number of hydrogen-bond acceptors (Lipinski definition) is 4. The highest BCUT2D eigenvalue weighted by atomic mass is 16.5. The predicted octanol–water partition coefficient (Wildman–Crippen LogP) is 2.82. The van der Waals surface area contributed by atoms with Gasteiger partial charge >= 0.3 is 0 Å². The minimum Gasteiger partial charge on any atom is -0.497 e. The van der Waals surface area contributed by atoms with E-state index >= 15 is 0 Å². The van der Waals surface area contributed by atoms with E-state index in [1.807, 2.05) is 17.0 Å². The minimum atomic E-state index is 0.154. The van der Waals surface area contributed by atoms with Gasteiger partial charge in [0.15, 0.2) is 0 Å². The van der Waals surface area contributed by atoms with Gasteiger partial charge in [0, 0.05) is 13.0 Å². The molecule has 1 amide bonds. The molecule has 0 bridgehead atoms. The van der Waals surface area contributed by atoms with Gasteiger partial charge in [-0.05, 0) is 30.5 Å². The molecule has 0 spiro atoms. The second-order valence-corrected chi connectivity index (χ2v) is 6.13. The molecule has 0 unspecified atom stereocenters. The van der Waals surface area contributed by atoms with Crippen LogP contribution in [0.15, 0.2) is 36.9 Å². The lowest BCUT2D eigenvalue weighted by Crippen LogP contribution is -2.35. The lowest BCUT2D eigenvalue weighted by Gasteiger charge is -2.30. The predicted molar refractivity (Wildman–Crippen MR) is 90.6 cm³/mol. The van der Waals surface area contributed by atoms with E-state index in [-0.39, 0.29) is 11.9 Å². The third-order valence-electron chi connectivity index (χ3n) is 4.60. The molecule has 1 fully saturated rings. The quantitative estimate of drug-likeness (QED) is 0.847. The number of likely N-dealkylation sites (tertiary alicyclic amines) is 1. The lowest BCUT2D eigenvalue weighted by molar-refractivity contribution is -0.134. The van der Waals surface area contributed by atoms with Crippen LogP contribution in [-0.4, -0.2) is 39.2 Å². The molecular weight excluding hydrogens is 304 g/mol. The average molecular weight is 328 g/mol. The zero-order valence-corrected chi connectivity index (χ0v) is 14.1. The number of aromatic nitrogens is 3.